The monoisotopic (exact) mass is 478 g/mol. The number of rotatable bonds is 5. The van der Waals surface area contributed by atoms with E-state index >= 15 is 0 Å². The number of carbonyl (C=O) groups is 2. The second kappa shape index (κ2) is 9.53. The first-order valence-corrected chi connectivity index (χ1v) is 12.7. The lowest BCUT2D eigenvalue weighted by molar-refractivity contribution is -0.143. The van der Waals surface area contributed by atoms with Gasteiger partial charge in [-0.05, 0) is 65.5 Å². The number of carbonyl (C=O) groups excluding carboxylic acids is 2. The second-order valence-corrected chi connectivity index (χ2v) is 10.2. The van der Waals surface area contributed by atoms with Gasteiger partial charge >= 0.3 is 0 Å². The maximum absolute atomic E-state index is 13.6. The molecular formula is C26H34N6O3. The van der Waals surface area contributed by atoms with E-state index in [4.69, 9.17) is 10.5 Å². The van der Waals surface area contributed by atoms with Crippen LogP contribution in [0.15, 0.2) is 30.4 Å². The van der Waals surface area contributed by atoms with Gasteiger partial charge in [0.25, 0.3) is 0 Å². The minimum Gasteiger partial charge on any atom is -0.473 e. The molecule has 0 radical (unpaired) electrons. The van der Waals surface area contributed by atoms with Crippen LogP contribution in [0.5, 0.6) is 5.88 Å². The molecule has 9 nitrogen and oxygen atoms in total. The third-order valence-corrected chi connectivity index (χ3v) is 7.98. The number of nitrogens with two attached hydrogens (primary N) is 1. The molecule has 0 amide bonds. The summed E-state index contributed by atoms with van der Waals surface area (Å²) in [6, 6.07) is 2.07. The highest BCUT2D eigenvalue weighted by atomic mass is 16.5. The Morgan fingerprint density at radius 3 is 2.71 bits per heavy atom. The number of ether oxygens (including phenoxy) is 1. The number of nitrogens with zero attached hydrogens (tertiary/aromatic N) is 5. The van der Waals surface area contributed by atoms with Crippen molar-refractivity contribution in [1.82, 2.24) is 24.4 Å². The maximum Gasteiger partial charge on any atom is 0.219 e. The number of Topliss-reactive ketones (excluding diaryl/α,β-unsaturated/α-hetero) is 2. The van der Waals surface area contributed by atoms with Gasteiger partial charge in [-0.3, -0.25) is 19.1 Å². The van der Waals surface area contributed by atoms with E-state index < -0.39 is 5.41 Å². The van der Waals surface area contributed by atoms with Crippen molar-refractivity contribution in [3.05, 3.63) is 36.2 Å². The molecule has 3 aliphatic rings. The zero-order valence-corrected chi connectivity index (χ0v) is 20.6. The third kappa shape index (κ3) is 4.37. The fraction of sp³-hybridized carbons (Fsp3) is 0.577. The van der Waals surface area contributed by atoms with Crippen LogP contribution in [0.25, 0.3) is 11.5 Å². The average Bonchev–Trinajstić information content (AvgIpc) is 3.54. The largest absolute Gasteiger partial charge is 0.473 e. The number of imidazole rings is 1. The molecule has 186 valence electrons. The number of hydrogen-bond donors (Lipinski definition) is 1. The Kier molecular flexibility index (Phi) is 6.44. The fourth-order valence-corrected chi connectivity index (χ4v) is 5.99. The van der Waals surface area contributed by atoms with Gasteiger partial charge in [0.2, 0.25) is 5.88 Å². The van der Waals surface area contributed by atoms with Crippen molar-refractivity contribution in [2.75, 3.05) is 13.6 Å². The summed E-state index contributed by atoms with van der Waals surface area (Å²) < 4.78 is 8.06. The Morgan fingerprint density at radius 1 is 1.17 bits per heavy atom. The molecule has 3 fully saturated rings. The Labute approximate surface area is 205 Å². The zero-order chi connectivity index (χ0) is 24.6. The van der Waals surface area contributed by atoms with Gasteiger partial charge in [-0.25, -0.2) is 9.97 Å². The zero-order valence-electron chi connectivity index (χ0n) is 20.6. The summed E-state index contributed by atoms with van der Waals surface area (Å²) in [6.07, 6.45) is 12.0. The van der Waals surface area contributed by atoms with Crippen LogP contribution >= 0.6 is 0 Å². The van der Waals surface area contributed by atoms with Crippen LogP contribution < -0.4 is 10.5 Å². The first-order valence-electron chi connectivity index (χ1n) is 12.7. The highest BCUT2D eigenvalue weighted by Crippen LogP contribution is 2.45. The quantitative estimate of drug-likeness (QED) is 0.515. The molecule has 35 heavy (non-hydrogen) atoms. The van der Waals surface area contributed by atoms with Gasteiger partial charge in [0, 0.05) is 36.5 Å². The number of likely N-dealkylation sites (tertiary alicyclic amines) is 1. The number of allylic oxidation sites excluding steroid dienone is 1. The van der Waals surface area contributed by atoms with Crippen molar-refractivity contribution < 1.29 is 14.3 Å². The molecule has 2 aromatic rings. The van der Waals surface area contributed by atoms with Crippen molar-refractivity contribution in [3.63, 3.8) is 0 Å². The van der Waals surface area contributed by atoms with E-state index in [2.05, 4.69) is 33.8 Å². The summed E-state index contributed by atoms with van der Waals surface area (Å²) in [4.78, 5) is 42.2. The lowest BCUT2D eigenvalue weighted by Crippen LogP contribution is -2.45. The maximum atomic E-state index is 13.6. The first kappa shape index (κ1) is 23.7. The summed E-state index contributed by atoms with van der Waals surface area (Å²) >= 11 is 0. The molecule has 2 aromatic heterocycles. The van der Waals surface area contributed by atoms with Gasteiger partial charge in [0.1, 0.15) is 24.0 Å². The molecule has 1 spiro atoms. The van der Waals surface area contributed by atoms with Crippen molar-refractivity contribution in [2.24, 2.45) is 11.1 Å². The van der Waals surface area contributed by atoms with E-state index in [0.717, 1.165) is 38.6 Å². The first-order chi connectivity index (χ1) is 16.9. The van der Waals surface area contributed by atoms with Gasteiger partial charge < -0.3 is 10.5 Å². The van der Waals surface area contributed by atoms with Crippen LogP contribution in [-0.4, -0.2) is 61.7 Å². The molecule has 0 aromatic carbocycles. The second-order valence-electron chi connectivity index (χ2n) is 10.2. The Bertz CT molecular complexity index is 1140. The Morgan fingerprint density at radius 2 is 2.00 bits per heavy atom. The molecular weight excluding hydrogens is 444 g/mol. The fourth-order valence-electron chi connectivity index (χ4n) is 5.99. The molecule has 0 unspecified atom stereocenters. The Balaban J connectivity index is 1.52. The minimum absolute atomic E-state index is 0.0605. The van der Waals surface area contributed by atoms with Gasteiger partial charge in [-0.2, -0.15) is 4.98 Å². The highest BCUT2D eigenvalue weighted by Gasteiger charge is 2.49. The van der Waals surface area contributed by atoms with Crippen LogP contribution in [0, 0.1) is 5.41 Å². The topological polar surface area (TPSA) is 116 Å². The lowest BCUT2D eigenvalue weighted by Gasteiger charge is -2.38. The normalized spacial score (nSPS) is 27.9. The average molecular weight is 479 g/mol. The van der Waals surface area contributed by atoms with Gasteiger partial charge in [0.15, 0.2) is 11.6 Å². The predicted molar refractivity (Wildman–Crippen MR) is 131 cm³/mol. The summed E-state index contributed by atoms with van der Waals surface area (Å²) in [5, 5.41) is 0. The molecule has 9 heteroatoms. The van der Waals surface area contributed by atoms with Gasteiger partial charge in [-0.1, -0.05) is 6.42 Å². The molecule has 1 saturated heterocycles. The van der Waals surface area contributed by atoms with Crippen molar-refractivity contribution in [1.29, 1.82) is 0 Å². The smallest absolute Gasteiger partial charge is 0.219 e. The van der Waals surface area contributed by atoms with Crippen LogP contribution in [0.3, 0.4) is 0 Å². The van der Waals surface area contributed by atoms with Crippen LogP contribution in [0.1, 0.15) is 70.5 Å². The summed E-state index contributed by atoms with van der Waals surface area (Å²) in [7, 11) is 2.11. The molecule has 2 saturated carbocycles. The summed E-state index contributed by atoms with van der Waals surface area (Å²) in [5.41, 5.74) is 6.39. The van der Waals surface area contributed by atoms with E-state index in [-0.39, 0.29) is 29.2 Å². The third-order valence-electron chi connectivity index (χ3n) is 7.98. The molecule has 3 heterocycles. The SMILES string of the molecule is C[C@H](Oc1cc(-n2ccnc2)nc(C(N)=C2CCC[C@@]3(CCCCC3=O)C2=O)n1)[C@@H]1CCCN1C. The number of hydrogen-bond acceptors (Lipinski definition) is 8. The van der Waals surface area contributed by atoms with E-state index in [1.165, 1.54) is 0 Å². The van der Waals surface area contributed by atoms with Gasteiger partial charge in [0.05, 0.1) is 11.1 Å². The van der Waals surface area contributed by atoms with Crippen LogP contribution in [0.4, 0.5) is 0 Å². The van der Waals surface area contributed by atoms with E-state index in [1.807, 2.05) is 0 Å². The standard InChI is InChI=1S/C26H34N6O3/c1-17(19-8-6-13-31(19)2)35-22-15-21(32-14-12-28-16-32)29-25(30-22)23(27)18-7-5-11-26(24(18)34)10-4-3-9-20(26)33/h12,14-17,19H,3-11,13,27H2,1-2H3/t17-,19-,26+/m0/s1. The molecule has 2 aliphatic carbocycles. The highest BCUT2D eigenvalue weighted by molar-refractivity contribution is 6.17. The molecule has 0 bridgehead atoms. The Hall–Kier alpha value is -3.07. The number of likely N-dealkylation sites (N-methyl/N-ethyl adjacent to an activating group) is 1. The number of ketones is 2. The van der Waals surface area contributed by atoms with Gasteiger partial charge in [-0.15, -0.1) is 0 Å². The molecule has 2 N–H and O–H groups in total. The molecule has 1 aliphatic heterocycles. The van der Waals surface area contributed by atoms with Crippen molar-refractivity contribution in [3.8, 4) is 11.7 Å². The van der Waals surface area contributed by atoms with Crippen molar-refractivity contribution >= 4 is 17.3 Å². The summed E-state index contributed by atoms with van der Waals surface area (Å²) in [6.45, 7) is 3.10. The predicted octanol–water partition coefficient (Wildman–Crippen LogP) is 3.08. The number of aromatic nitrogens is 4. The lowest BCUT2D eigenvalue weighted by atomic mass is 9.62. The van der Waals surface area contributed by atoms with Crippen LogP contribution in [0.2, 0.25) is 0 Å². The molecule has 3 atom stereocenters. The minimum atomic E-state index is -0.917. The van der Waals surface area contributed by atoms with E-state index in [9.17, 15) is 9.59 Å². The van der Waals surface area contributed by atoms with E-state index in [0.29, 0.717) is 49.0 Å². The summed E-state index contributed by atoms with van der Waals surface area (Å²) in [5.74, 6) is 1.14. The van der Waals surface area contributed by atoms with E-state index in [1.54, 1.807) is 29.4 Å². The van der Waals surface area contributed by atoms with Crippen molar-refractivity contribution in [2.45, 2.75) is 76.9 Å². The van der Waals surface area contributed by atoms with Crippen LogP contribution in [-0.2, 0) is 9.59 Å². The molecule has 5 rings (SSSR count).